The number of rotatable bonds is 5. The van der Waals surface area contributed by atoms with Gasteiger partial charge in [0.05, 0.1) is 0 Å². The molecule has 0 unspecified atom stereocenters. The number of benzene rings is 1. The molecule has 0 fully saturated rings. The molecule has 88 valence electrons. The van der Waals surface area contributed by atoms with Crippen molar-refractivity contribution in [1.82, 2.24) is 5.32 Å². The molecule has 0 radical (unpaired) electrons. The standard InChI is InChI=1S/C12H19N3O/c1-3-14-12(16)6-7-15-11-5-4-10(13)8-9(11)2/h4-5,8,15H,3,6-7,13H2,1-2H3,(H,14,16). The monoisotopic (exact) mass is 221 g/mol. The van der Waals surface area contributed by atoms with Gasteiger partial charge in [0, 0.05) is 30.9 Å². The lowest BCUT2D eigenvalue weighted by Gasteiger charge is -2.09. The lowest BCUT2D eigenvalue weighted by Crippen LogP contribution is -2.24. The van der Waals surface area contributed by atoms with E-state index < -0.39 is 0 Å². The van der Waals surface area contributed by atoms with Crippen molar-refractivity contribution < 1.29 is 4.79 Å². The van der Waals surface area contributed by atoms with Crippen LogP contribution in [0, 0.1) is 6.92 Å². The molecule has 0 bridgehead atoms. The minimum absolute atomic E-state index is 0.0723. The summed E-state index contributed by atoms with van der Waals surface area (Å²) in [6.07, 6.45) is 0.484. The van der Waals surface area contributed by atoms with Crippen molar-refractivity contribution in [2.75, 3.05) is 24.1 Å². The van der Waals surface area contributed by atoms with Crippen LogP contribution in [0.5, 0.6) is 0 Å². The second-order valence-corrected chi connectivity index (χ2v) is 3.70. The summed E-state index contributed by atoms with van der Waals surface area (Å²) in [5, 5.41) is 5.97. The molecule has 1 rings (SSSR count). The predicted octanol–water partition coefficient (Wildman–Crippen LogP) is 1.52. The van der Waals surface area contributed by atoms with E-state index in [0.29, 0.717) is 19.5 Å². The number of nitrogen functional groups attached to an aromatic ring is 1. The van der Waals surface area contributed by atoms with Crippen LogP contribution in [0.2, 0.25) is 0 Å². The number of anilines is 2. The Labute approximate surface area is 96.2 Å². The van der Waals surface area contributed by atoms with Crippen molar-refractivity contribution in [1.29, 1.82) is 0 Å². The Morgan fingerprint density at radius 2 is 2.19 bits per heavy atom. The zero-order chi connectivity index (χ0) is 12.0. The lowest BCUT2D eigenvalue weighted by atomic mass is 10.2. The van der Waals surface area contributed by atoms with E-state index in [1.54, 1.807) is 0 Å². The second-order valence-electron chi connectivity index (χ2n) is 3.70. The Morgan fingerprint density at radius 3 is 2.81 bits per heavy atom. The van der Waals surface area contributed by atoms with Gasteiger partial charge in [0.1, 0.15) is 0 Å². The third-order valence-corrected chi connectivity index (χ3v) is 2.29. The maximum Gasteiger partial charge on any atom is 0.221 e. The average Bonchev–Trinajstić information content (AvgIpc) is 2.22. The number of hydrogen-bond acceptors (Lipinski definition) is 3. The summed E-state index contributed by atoms with van der Waals surface area (Å²) in [5.74, 6) is 0.0723. The van der Waals surface area contributed by atoms with Gasteiger partial charge >= 0.3 is 0 Å². The van der Waals surface area contributed by atoms with Gasteiger partial charge in [-0.15, -0.1) is 0 Å². The van der Waals surface area contributed by atoms with Gasteiger partial charge in [0.2, 0.25) is 5.91 Å². The van der Waals surface area contributed by atoms with E-state index in [1.807, 2.05) is 32.0 Å². The molecule has 0 aliphatic heterocycles. The molecule has 4 heteroatoms. The molecule has 0 saturated carbocycles. The maximum absolute atomic E-state index is 11.2. The van der Waals surface area contributed by atoms with E-state index in [-0.39, 0.29) is 5.91 Å². The second kappa shape index (κ2) is 6.00. The van der Waals surface area contributed by atoms with Gasteiger partial charge in [-0.25, -0.2) is 0 Å². The van der Waals surface area contributed by atoms with Gasteiger partial charge in [-0.3, -0.25) is 4.79 Å². The number of carbonyl (C=O) groups excluding carboxylic acids is 1. The first kappa shape index (κ1) is 12.4. The van der Waals surface area contributed by atoms with E-state index in [9.17, 15) is 4.79 Å². The molecule has 0 spiro atoms. The van der Waals surface area contributed by atoms with Gasteiger partial charge in [0.15, 0.2) is 0 Å². The molecule has 16 heavy (non-hydrogen) atoms. The van der Waals surface area contributed by atoms with Gasteiger partial charge in [-0.1, -0.05) is 0 Å². The molecule has 0 heterocycles. The first-order valence-corrected chi connectivity index (χ1v) is 5.50. The fourth-order valence-corrected chi connectivity index (χ4v) is 1.48. The zero-order valence-corrected chi connectivity index (χ0v) is 9.84. The van der Waals surface area contributed by atoms with Crippen LogP contribution < -0.4 is 16.4 Å². The maximum atomic E-state index is 11.2. The molecule has 0 saturated heterocycles. The van der Waals surface area contributed by atoms with E-state index in [2.05, 4.69) is 10.6 Å². The van der Waals surface area contributed by atoms with E-state index >= 15 is 0 Å². The number of aryl methyl sites for hydroxylation is 1. The zero-order valence-electron chi connectivity index (χ0n) is 9.84. The van der Waals surface area contributed by atoms with Crippen molar-refractivity contribution in [3.63, 3.8) is 0 Å². The highest BCUT2D eigenvalue weighted by Gasteiger charge is 2.01. The minimum atomic E-state index is 0.0723. The van der Waals surface area contributed by atoms with Crippen LogP contribution >= 0.6 is 0 Å². The van der Waals surface area contributed by atoms with Gasteiger partial charge in [-0.05, 0) is 37.6 Å². The van der Waals surface area contributed by atoms with Crippen molar-refractivity contribution >= 4 is 17.3 Å². The Balaban J connectivity index is 2.40. The smallest absolute Gasteiger partial charge is 0.221 e. The van der Waals surface area contributed by atoms with Crippen molar-refractivity contribution in [3.05, 3.63) is 23.8 Å². The van der Waals surface area contributed by atoms with Crippen LogP contribution in [0.3, 0.4) is 0 Å². The first-order valence-electron chi connectivity index (χ1n) is 5.50. The largest absolute Gasteiger partial charge is 0.399 e. The van der Waals surface area contributed by atoms with Crippen molar-refractivity contribution in [2.24, 2.45) is 0 Å². The van der Waals surface area contributed by atoms with Crippen molar-refractivity contribution in [2.45, 2.75) is 20.3 Å². The molecule has 0 aromatic heterocycles. The van der Waals surface area contributed by atoms with Crippen LogP contribution in [-0.2, 0) is 4.79 Å². The van der Waals surface area contributed by atoms with Crippen LogP contribution in [0.15, 0.2) is 18.2 Å². The van der Waals surface area contributed by atoms with Crippen LogP contribution in [-0.4, -0.2) is 19.0 Å². The lowest BCUT2D eigenvalue weighted by molar-refractivity contribution is -0.120. The number of amides is 1. The Kier molecular flexibility index (Phi) is 4.64. The summed E-state index contributed by atoms with van der Waals surface area (Å²) in [7, 11) is 0. The van der Waals surface area contributed by atoms with Crippen LogP contribution in [0.25, 0.3) is 0 Å². The van der Waals surface area contributed by atoms with E-state index in [1.165, 1.54) is 0 Å². The summed E-state index contributed by atoms with van der Waals surface area (Å²) in [4.78, 5) is 11.2. The topological polar surface area (TPSA) is 67.2 Å². The molecule has 0 aliphatic carbocycles. The number of nitrogens with one attached hydrogen (secondary N) is 2. The SMILES string of the molecule is CCNC(=O)CCNc1ccc(N)cc1C. The number of nitrogens with two attached hydrogens (primary N) is 1. The number of carbonyl (C=O) groups is 1. The number of hydrogen-bond donors (Lipinski definition) is 3. The highest BCUT2D eigenvalue weighted by molar-refractivity contribution is 5.76. The Hall–Kier alpha value is -1.71. The van der Waals surface area contributed by atoms with Gasteiger partial charge in [-0.2, -0.15) is 0 Å². The highest BCUT2D eigenvalue weighted by Crippen LogP contribution is 2.17. The Morgan fingerprint density at radius 1 is 1.44 bits per heavy atom. The summed E-state index contributed by atoms with van der Waals surface area (Å²) < 4.78 is 0. The molecule has 4 nitrogen and oxygen atoms in total. The minimum Gasteiger partial charge on any atom is -0.399 e. The normalized spacial score (nSPS) is 9.88. The predicted molar refractivity (Wildman–Crippen MR) is 67.4 cm³/mol. The van der Waals surface area contributed by atoms with Crippen LogP contribution in [0.4, 0.5) is 11.4 Å². The molecule has 4 N–H and O–H groups in total. The third-order valence-electron chi connectivity index (χ3n) is 2.29. The summed E-state index contributed by atoms with van der Waals surface area (Å²) >= 11 is 0. The van der Waals surface area contributed by atoms with E-state index in [4.69, 9.17) is 5.73 Å². The quantitative estimate of drug-likeness (QED) is 0.660. The average molecular weight is 221 g/mol. The molecule has 0 atom stereocenters. The summed E-state index contributed by atoms with van der Waals surface area (Å²) in [6, 6.07) is 5.69. The fourth-order valence-electron chi connectivity index (χ4n) is 1.48. The molecule has 1 aromatic rings. The first-order chi connectivity index (χ1) is 7.63. The molecule has 0 aliphatic rings. The van der Waals surface area contributed by atoms with Crippen molar-refractivity contribution in [3.8, 4) is 0 Å². The third kappa shape index (κ3) is 3.81. The van der Waals surface area contributed by atoms with Crippen LogP contribution in [0.1, 0.15) is 18.9 Å². The van der Waals surface area contributed by atoms with E-state index in [0.717, 1.165) is 16.9 Å². The summed E-state index contributed by atoms with van der Waals surface area (Å²) in [6.45, 7) is 5.22. The molecule has 1 amide bonds. The highest BCUT2D eigenvalue weighted by atomic mass is 16.1. The fraction of sp³-hybridized carbons (Fsp3) is 0.417. The van der Waals surface area contributed by atoms with Gasteiger partial charge < -0.3 is 16.4 Å². The molecular formula is C12H19N3O. The molecule has 1 aromatic carbocycles. The Bertz CT molecular complexity index is 363. The summed E-state index contributed by atoms with van der Waals surface area (Å²) in [5.41, 5.74) is 8.53. The van der Waals surface area contributed by atoms with Gasteiger partial charge in [0.25, 0.3) is 0 Å². The molecular weight excluding hydrogens is 202 g/mol.